The maximum absolute atomic E-state index is 12.3. The molecule has 0 aliphatic carbocycles. The monoisotopic (exact) mass is 258 g/mol. The van der Waals surface area contributed by atoms with Crippen molar-refractivity contribution in [2.75, 3.05) is 5.75 Å². The quantitative estimate of drug-likeness (QED) is 0.459. The van der Waals surface area contributed by atoms with Crippen LogP contribution in [0.5, 0.6) is 0 Å². The Balaban J connectivity index is 2.53. The Morgan fingerprint density at radius 2 is 1.65 bits per heavy atom. The lowest BCUT2D eigenvalue weighted by atomic mass is 10.1. The lowest BCUT2D eigenvalue weighted by molar-refractivity contribution is 0.551. The topological polar surface area (TPSA) is 84.0 Å². The second-order valence-corrected chi connectivity index (χ2v) is 5.32. The summed E-state index contributed by atoms with van der Waals surface area (Å²) in [6.07, 6.45) is 1.35. The normalized spacial score (nSPS) is 11.4. The van der Waals surface area contributed by atoms with E-state index in [4.69, 9.17) is 11.1 Å². The molecule has 0 aliphatic rings. The van der Waals surface area contributed by atoms with E-state index in [0.717, 1.165) is 11.1 Å². The van der Waals surface area contributed by atoms with Crippen molar-refractivity contribution in [1.82, 2.24) is 0 Å². The highest BCUT2D eigenvalue weighted by molar-refractivity contribution is 7.86. The standard InChI is InChI=1S/C11H15FN2O2S/c12-17(15,16)8-7-10-3-1-9(2-4-10)5-6-11(13)14/h1-4H,5-8H2,(H3,13,14). The van der Waals surface area contributed by atoms with Crippen molar-refractivity contribution in [1.29, 1.82) is 5.41 Å². The molecule has 0 unspecified atom stereocenters. The van der Waals surface area contributed by atoms with Crippen molar-refractivity contribution in [3.63, 3.8) is 0 Å². The van der Waals surface area contributed by atoms with Crippen molar-refractivity contribution in [2.24, 2.45) is 5.73 Å². The van der Waals surface area contributed by atoms with Crippen LogP contribution in [0.3, 0.4) is 0 Å². The van der Waals surface area contributed by atoms with Crippen LogP contribution in [0.2, 0.25) is 0 Å². The van der Waals surface area contributed by atoms with Gasteiger partial charge in [0.2, 0.25) is 0 Å². The highest BCUT2D eigenvalue weighted by Crippen LogP contribution is 2.08. The number of nitrogens with two attached hydrogens (primary N) is 1. The third-order valence-electron chi connectivity index (χ3n) is 2.34. The third kappa shape index (κ3) is 6.01. The fraction of sp³-hybridized carbons (Fsp3) is 0.364. The highest BCUT2D eigenvalue weighted by Gasteiger charge is 2.07. The number of amidine groups is 1. The summed E-state index contributed by atoms with van der Waals surface area (Å²) in [6.45, 7) is 0. The van der Waals surface area contributed by atoms with Crippen LogP contribution in [0, 0.1) is 5.41 Å². The molecule has 0 bridgehead atoms. The van der Waals surface area contributed by atoms with Crippen molar-refractivity contribution in [2.45, 2.75) is 19.3 Å². The Bertz CT molecular complexity index is 483. The second-order valence-electron chi connectivity index (χ2n) is 3.83. The van der Waals surface area contributed by atoms with E-state index >= 15 is 0 Å². The molecule has 0 atom stereocenters. The van der Waals surface area contributed by atoms with Crippen LogP contribution in [0.15, 0.2) is 24.3 Å². The minimum Gasteiger partial charge on any atom is -0.388 e. The fourth-order valence-corrected chi connectivity index (χ4v) is 1.87. The van der Waals surface area contributed by atoms with Gasteiger partial charge >= 0.3 is 10.2 Å². The molecule has 3 N–H and O–H groups in total. The molecule has 0 heterocycles. The van der Waals surface area contributed by atoms with Crippen LogP contribution in [0.25, 0.3) is 0 Å². The zero-order valence-corrected chi connectivity index (χ0v) is 10.1. The summed E-state index contributed by atoms with van der Waals surface area (Å²) in [5.74, 6) is -0.350. The number of halogens is 1. The van der Waals surface area contributed by atoms with E-state index in [0.29, 0.717) is 12.8 Å². The number of rotatable bonds is 6. The van der Waals surface area contributed by atoms with E-state index in [-0.39, 0.29) is 12.3 Å². The van der Waals surface area contributed by atoms with Crippen molar-refractivity contribution >= 4 is 16.1 Å². The van der Waals surface area contributed by atoms with Gasteiger partial charge in [0.05, 0.1) is 11.6 Å². The first-order valence-corrected chi connectivity index (χ1v) is 6.75. The first-order chi connectivity index (χ1) is 7.87. The average molecular weight is 258 g/mol. The minimum atomic E-state index is -4.40. The summed E-state index contributed by atoms with van der Waals surface area (Å²) in [5.41, 5.74) is 7.04. The Kier molecular flexibility index (Phi) is 4.62. The maximum Gasteiger partial charge on any atom is 0.302 e. The fourth-order valence-electron chi connectivity index (χ4n) is 1.39. The van der Waals surface area contributed by atoms with Crippen LogP contribution >= 0.6 is 0 Å². The molecule has 17 heavy (non-hydrogen) atoms. The van der Waals surface area contributed by atoms with Gasteiger partial charge in [-0.2, -0.15) is 8.42 Å². The maximum atomic E-state index is 12.3. The molecular weight excluding hydrogens is 243 g/mol. The average Bonchev–Trinajstić information content (AvgIpc) is 2.24. The summed E-state index contributed by atoms with van der Waals surface area (Å²) in [5, 5.41) is 7.09. The Hall–Kier alpha value is -1.43. The van der Waals surface area contributed by atoms with E-state index in [1.54, 1.807) is 12.1 Å². The molecule has 0 fully saturated rings. The van der Waals surface area contributed by atoms with Crippen LogP contribution in [0.4, 0.5) is 3.89 Å². The Morgan fingerprint density at radius 1 is 1.18 bits per heavy atom. The van der Waals surface area contributed by atoms with Gasteiger partial charge in [0, 0.05) is 6.42 Å². The predicted molar refractivity (Wildman–Crippen MR) is 65.3 cm³/mol. The smallest absolute Gasteiger partial charge is 0.302 e. The summed E-state index contributed by atoms with van der Waals surface area (Å²) in [6, 6.07) is 7.20. The molecule has 6 heteroatoms. The zero-order valence-electron chi connectivity index (χ0n) is 9.32. The minimum absolute atomic E-state index is 0.137. The summed E-state index contributed by atoms with van der Waals surface area (Å²) in [7, 11) is -4.40. The first kappa shape index (κ1) is 13.6. The molecular formula is C11H15FN2O2S. The molecule has 0 aliphatic heterocycles. The summed E-state index contributed by atoms with van der Waals surface area (Å²) >= 11 is 0. The first-order valence-electron chi connectivity index (χ1n) is 5.20. The van der Waals surface area contributed by atoms with Gasteiger partial charge in [-0.1, -0.05) is 24.3 Å². The number of hydrogen-bond acceptors (Lipinski definition) is 3. The van der Waals surface area contributed by atoms with Gasteiger partial charge in [-0.3, -0.25) is 5.41 Å². The van der Waals surface area contributed by atoms with E-state index in [1.807, 2.05) is 12.1 Å². The summed E-state index contributed by atoms with van der Waals surface area (Å²) < 4.78 is 33.0. The predicted octanol–water partition coefficient (Wildman–Crippen LogP) is 1.40. The van der Waals surface area contributed by atoms with Crippen LogP contribution in [-0.2, 0) is 23.1 Å². The third-order valence-corrected chi connectivity index (χ3v) is 3.03. The van der Waals surface area contributed by atoms with Crippen molar-refractivity contribution in [3.8, 4) is 0 Å². The molecule has 1 rings (SSSR count). The van der Waals surface area contributed by atoms with Gasteiger partial charge in [0.25, 0.3) is 0 Å². The van der Waals surface area contributed by atoms with Crippen molar-refractivity contribution in [3.05, 3.63) is 35.4 Å². The van der Waals surface area contributed by atoms with Crippen LogP contribution in [-0.4, -0.2) is 20.0 Å². The Morgan fingerprint density at radius 3 is 2.06 bits per heavy atom. The van der Waals surface area contributed by atoms with Gasteiger partial charge in [0.15, 0.2) is 0 Å². The molecule has 0 spiro atoms. The largest absolute Gasteiger partial charge is 0.388 e. The van der Waals surface area contributed by atoms with E-state index < -0.39 is 16.0 Å². The molecule has 4 nitrogen and oxygen atoms in total. The SMILES string of the molecule is N=C(N)CCc1ccc(CCS(=O)(=O)F)cc1. The second kappa shape index (κ2) is 5.77. The Labute approximate surface area is 100 Å². The molecule has 0 aromatic heterocycles. The number of nitrogens with one attached hydrogen (secondary N) is 1. The lowest BCUT2D eigenvalue weighted by Crippen LogP contribution is -2.10. The molecule has 94 valence electrons. The number of benzene rings is 1. The van der Waals surface area contributed by atoms with Gasteiger partial charge in [-0.05, 0) is 24.0 Å². The van der Waals surface area contributed by atoms with E-state index in [1.165, 1.54) is 0 Å². The lowest BCUT2D eigenvalue weighted by Gasteiger charge is -2.03. The van der Waals surface area contributed by atoms with Gasteiger partial charge < -0.3 is 5.73 Å². The molecule has 1 aromatic rings. The number of hydrogen-bond donors (Lipinski definition) is 2. The molecule has 0 saturated heterocycles. The van der Waals surface area contributed by atoms with E-state index in [2.05, 4.69) is 0 Å². The highest BCUT2D eigenvalue weighted by atomic mass is 32.3. The van der Waals surface area contributed by atoms with Crippen molar-refractivity contribution < 1.29 is 12.3 Å². The van der Waals surface area contributed by atoms with Gasteiger partial charge in [-0.25, -0.2) is 0 Å². The van der Waals surface area contributed by atoms with Crippen LogP contribution in [0.1, 0.15) is 17.5 Å². The van der Waals surface area contributed by atoms with Crippen LogP contribution < -0.4 is 5.73 Å². The van der Waals surface area contributed by atoms with Gasteiger partial charge in [0.1, 0.15) is 0 Å². The molecule has 0 saturated carbocycles. The zero-order chi connectivity index (χ0) is 12.9. The molecule has 0 amide bonds. The summed E-state index contributed by atoms with van der Waals surface area (Å²) in [4.78, 5) is 0. The number of aryl methyl sites for hydroxylation is 2. The molecule has 0 radical (unpaired) electrons. The van der Waals surface area contributed by atoms with E-state index in [9.17, 15) is 12.3 Å². The molecule has 1 aromatic carbocycles. The van der Waals surface area contributed by atoms with Gasteiger partial charge in [-0.15, -0.1) is 3.89 Å².